The molecule has 4 heterocycles. The van der Waals surface area contributed by atoms with E-state index < -0.39 is 0 Å². The molecule has 7 aromatic carbocycles. The molecule has 0 atom stereocenters. The second kappa shape index (κ2) is 9.26. The van der Waals surface area contributed by atoms with Crippen LogP contribution in [0, 0.1) is 22.7 Å². The highest BCUT2D eigenvalue weighted by molar-refractivity contribution is 6.25. The van der Waals surface area contributed by atoms with Crippen LogP contribution in [0.4, 0.5) is 0 Å². The molecular weight excluding hydrogens is 603 g/mol. The van der Waals surface area contributed by atoms with Gasteiger partial charge >= 0.3 is 0 Å². The van der Waals surface area contributed by atoms with Crippen molar-refractivity contribution in [3.63, 3.8) is 0 Å². The lowest BCUT2D eigenvalue weighted by atomic mass is 9.93. The van der Waals surface area contributed by atoms with E-state index in [0.717, 1.165) is 104 Å². The van der Waals surface area contributed by atoms with E-state index in [0.29, 0.717) is 11.1 Å². The Hall–Kier alpha value is -7.08. The molecule has 0 radical (unpaired) electrons. The minimum Gasteiger partial charge on any atom is -0.456 e. The molecule has 0 spiro atoms. The maximum absolute atomic E-state index is 10.6. The van der Waals surface area contributed by atoms with Crippen LogP contribution in [0.1, 0.15) is 11.1 Å². The van der Waals surface area contributed by atoms with Crippen LogP contribution in [0.3, 0.4) is 0 Å². The van der Waals surface area contributed by atoms with Gasteiger partial charge in [0.25, 0.3) is 0 Å². The standard InChI is InChI=1S/C44H21N3O2/c45-22-24-18-36-34(20-32(24)26-10-6-16-40-42(26)30-8-1-3-14-38(30)48-40)28-12-5-13-29-35-21-33(25(23-46)19-37(35)47(36)44(28)29)27-11-7-17-41-43(27)31-9-2-4-15-39(31)49-41/h1-21H. The molecule has 0 N–H and O–H groups in total. The molecule has 0 saturated carbocycles. The lowest BCUT2D eigenvalue weighted by Gasteiger charge is -2.10. The fourth-order valence-electron chi connectivity index (χ4n) is 8.20. The normalized spacial score (nSPS) is 12.0. The highest BCUT2D eigenvalue weighted by Crippen LogP contribution is 2.46. The van der Waals surface area contributed by atoms with Gasteiger partial charge in [-0.25, -0.2) is 0 Å². The molecule has 0 unspecified atom stereocenters. The zero-order valence-corrected chi connectivity index (χ0v) is 25.8. The summed E-state index contributed by atoms with van der Waals surface area (Å²) in [4.78, 5) is 0. The van der Waals surface area contributed by atoms with Gasteiger partial charge in [-0.2, -0.15) is 10.5 Å². The Morgan fingerprint density at radius 3 is 1.33 bits per heavy atom. The smallest absolute Gasteiger partial charge is 0.136 e. The molecule has 5 heteroatoms. The molecular formula is C44H21N3O2. The number of aromatic nitrogens is 1. The Morgan fingerprint density at radius 1 is 0.408 bits per heavy atom. The first-order chi connectivity index (χ1) is 24.2. The van der Waals surface area contributed by atoms with E-state index in [1.165, 1.54) is 0 Å². The summed E-state index contributed by atoms with van der Waals surface area (Å²) in [6.07, 6.45) is 0. The Morgan fingerprint density at radius 2 is 0.837 bits per heavy atom. The van der Waals surface area contributed by atoms with Gasteiger partial charge in [-0.1, -0.05) is 78.9 Å². The van der Waals surface area contributed by atoms with Gasteiger partial charge in [0.05, 0.1) is 39.8 Å². The zero-order chi connectivity index (χ0) is 32.4. The van der Waals surface area contributed by atoms with Gasteiger partial charge in [-0.15, -0.1) is 0 Å². The summed E-state index contributed by atoms with van der Waals surface area (Å²) < 4.78 is 14.6. The van der Waals surface area contributed by atoms with Crippen molar-refractivity contribution in [2.24, 2.45) is 0 Å². The number of nitrogens with zero attached hydrogens (tertiary/aromatic N) is 3. The van der Waals surface area contributed by atoms with Crippen molar-refractivity contribution in [1.29, 1.82) is 10.5 Å². The lowest BCUT2D eigenvalue weighted by Crippen LogP contribution is -1.90. The average Bonchev–Trinajstić information content (AvgIpc) is 3.90. The Kier molecular flexibility index (Phi) is 4.92. The van der Waals surface area contributed by atoms with Crippen LogP contribution in [0.5, 0.6) is 0 Å². The van der Waals surface area contributed by atoms with Crippen molar-refractivity contribution in [2.45, 2.75) is 0 Å². The Labute approximate surface area is 278 Å². The summed E-state index contributed by atoms with van der Waals surface area (Å²) >= 11 is 0. The molecule has 0 amide bonds. The summed E-state index contributed by atoms with van der Waals surface area (Å²) in [6.45, 7) is 0. The van der Waals surface area contributed by atoms with E-state index in [-0.39, 0.29) is 0 Å². The fraction of sp³-hybridized carbons (Fsp3) is 0. The van der Waals surface area contributed by atoms with Crippen molar-refractivity contribution in [3.05, 3.63) is 139 Å². The minimum atomic E-state index is 0.579. The number of rotatable bonds is 2. The second-order valence-electron chi connectivity index (χ2n) is 12.6. The molecule has 11 aromatic rings. The molecule has 0 saturated heterocycles. The van der Waals surface area contributed by atoms with Gasteiger partial charge < -0.3 is 13.2 Å². The lowest BCUT2D eigenvalue weighted by molar-refractivity contribution is 0.668. The van der Waals surface area contributed by atoms with Crippen molar-refractivity contribution >= 4 is 82.0 Å². The van der Waals surface area contributed by atoms with Crippen molar-refractivity contribution in [2.75, 3.05) is 0 Å². The number of hydrogen-bond donors (Lipinski definition) is 0. The topological polar surface area (TPSA) is 78.3 Å². The molecule has 0 aliphatic rings. The number of nitriles is 2. The van der Waals surface area contributed by atoms with Gasteiger partial charge in [-0.05, 0) is 59.7 Å². The van der Waals surface area contributed by atoms with Crippen molar-refractivity contribution < 1.29 is 8.83 Å². The van der Waals surface area contributed by atoms with Crippen LogP contribution >= 0.6 is 0 Å². The van der Waals surface area contributed by atoms with Gasteiger partial charge in [0.15, 0.2) is 0 Å². The molecule has 11 rings (SSSR count). The molecule has 5 nitrogen and oxygen atoms in total. The summed E-state index contributed by atoms with van der Waals surface area (Å²) in [6, 6.07) is 47.9. The van der Waals surface area contributed by atoms with Gasteiger partial charge in [0, 0.05) is 54.2 Å². The average molecular weight is 624 g/mol. The van der Waals surface area contributed by atoms with E-state index in [1.54, 1.807) is 0 Å². The Bertz CT molecular complexity index is 3090. The Balaban J connectivity index is 1.22. The molecule has 0 aliphatic heterocycles. The van der Waals surface area contributed by atoms with Crippen LogP contribution < -0.4 is 0 Å². The first kappa shape index (κ1) is 26.0. The van der Waals surface area contributed by atoms with Crippen LogP contribution in [0.15, 0.2) is 136 Å². The van der Waals surface area contributed by atoms with E-state index in [2.05, 4.69) is 71.1 Å². The van der Waals surface area contributed by atoms with Crippen LogP contribution in [0.25, 0.3) is 104 Å². The van der Waals surface area contributed by atoms with Gasteiger partial charge in [-0.3, -0.25) is 0 Å². The summed E-state index contributed by atoms with van der Waals surface area (Å²) in [7, 11) is 0. The zero-order valence-electron chi connectivity index (χ0n) is 25.8. The molecule has 224 valence electrons. The van der Waals surface area contributed by atoms with Crippen LogP contribution in [-0.4, -0.2) is 4.40 Å². The van der Waals surface area contributed by atoms with E-state index in [1.807, 2.05) is 72.8 Å². The quantitative estimate of drug-likeness (QED) is 0.192. The first-order valence-electron chi connectivity index (χ1n) is 16.1. The third-order valence-electron chi connectivity index (χ3n) is 10.2. The molecule has 0 aliphatic carbocycles. The number of para-hydroxylation sites is 3. The second-order valence-corrected chi connectivity index (χ2v) is 12.6. The summed E-state index contributed by atoms with van der Waals surface area (Å²) in [5.74, 6) is 0. The maximum atomic E-state index is 10.6. The van der Waals surface area contributed by atoms with Crippen molar-refractivity contribution in [3.8, 4) is 34.4 Å². The minimum absolute atomic E-state index is 0.579. The summed E-state index contributed by atoms with van der Waals surface area (Å²) in [5, 5.41) is 29.5. The predicted octanol–water partition coefficient (Wildman–Crippen LogP) is 11.7. The molecule has 0 bridgehead atoms. The number of fused-ring (bicyclic) bond motifs is 12. The van der Waals surface area contributed by atoms with Crippen molar-refractivity contribution in [1.82, 2.24) is 4.40 Å². The fourth-order valence-corrected chi connectivity index (χ4v) is 8.20. The third-order valence-corrected chi connectivity index (χ3v) is 10.2. The van der Waals surface area contributed by atoms with Crippen LogP contribution in [-0.2, 0) is 0 Å². The first-order valence-corrected chi connectivity index (χ1v) is 16.1. The third kappa shape index (κ3) is 3.31. The maximum Gasteiger partial charge on any atom is 0.136 e. The predicted molar refractivity (Wildman–Crippen MR) is 196 cm³/mol. The number of furan rings is 2. The molecule has 49 heavy (non-hydrogen) atoms. The highest BCUT2D eigenvalue weighted by Gasteiger charge is 2.23. The van der Waals surface area contributed by atoms with E-state index >= 15 is 0 Å². The summed E-state index contributed by atoms with van der Waals surface area (Å²) in [5.41, 5.74) is 11.0. The van der Waals surface area contributed by atoms with Crippen LogP contribution in [0.2, 0.25) is 0 Å². The monoisotopic (exact) mass is 623 g/mol. The number of hydrogen-bond acceptors (Lipinski definition) is 4. The van der Waals surface area contributed by atoms with E-state index in [4.69, 9.17) is 8.83 Å². The van der Waals surface area contributed by atoms with Gasteiger partial charge in [0.2, 0.25) is 0 Å². The molecule has 0 fully saturated rings. The SMILES string of the molecule is N#Cc1cc2c(cc1-c1cccc3oc4ccccc4c13)c1cccc3c4cc(-c5cccc6oc7ccccc7c56)c(C#N)cc4n2c13. The number of benzene rings is 7. The largest absolute Gasteiger partial charge is 0.456 e. The molecule has 4 aromatic heterocycles. The van der Waals surface area contributed by atoms with Gasteiger partial charge in [0.1, 0.15) is 22.3 Å². The van der Waals surface area contributed by atoms with E-state index in [9.17, 15) is 10.5 Å². The highest BCUT2D eigenvalue weighted by atomic mass is 16.3.